The molecule has 1 aromatic heterocycles. The number of ether oxygens (including phenoxy) is 1. The zero-order chi connectivity index (χ0) is 22.1. The van der Waals surface area contributed by atoms with Gasteiger partial charge < -0.3 is 25.7 Å². The van der Waals surface area contributed by atoms with E-state index < -0.39 is 6.04 Å². The molecule has 2 unspecified atom stereocenters. The number of benzene rings is 1. The summed E-state index contributed by atoms with van der Waals surface area (Å²) in [5, 5.41) is 9.08. The van der Waals surface area contributed by atoms with E-state index in [1.54, 1.807) is 0 Å². The molecular formula is C22H31N5O3. The maximum Gasteiger partial charge on any atom is 0.287 e. The monoisotopic (exact) mass is 413 g/mol. The number of allylic oxidation sites excluding steroid dienone is 1. The van der Waals surface area contributed by atoms with Crippen LogP contribution in [0.15, 0.2) is 48.8 Å². The van der Waals surface area contributed by atoms with Crippen LogP contribution in [0.3, 0.4) is 0 Å². The lowest BCUT2D eigenvalue weighted by atomic mass is 9.96. The molecule has 0 saturated carbocycles. The maximum atomic E-state index is 12.5. The number of hydrogen-bond acceptors (Lipinski definition) is 6. The Kier molecular flexibility index (Phi) is 8.61. The summed E-state index contributed by atoms with van der Waals surface area (Å²) in [4.78, 5) is 32.1. The highest BCUT2D eigenvalue weighted by Crippen LogP contribution is 2.15. The molecule has 1 heterocycles. The van der Waals surface area contributed by atoms with E-state index in [1.165, 1.54) is 7.11 Å². The number of nitrogens with one attached hydrogen (secondary N) is 4. The van der Waals surface area contributed by atoms with Crippen molar-refractivity contribution in [1.82, 2.24) is 25.9 Å². The van der Waals surface area contributed by atoms with Gasteiger partial charge in [0.15, 0.2) is 11.6 Å². The number of para-hydroxylation sites is 2. The third-order valence-electron chi connectivity index (χ3n) is 4.71. The second-order valence-corrected chi connectivity index (χ2v) is 7.18. The van der Waals surface area contributed by atoms with E-state index in [2.05, 4.69) is 39.1 Å². The maximum absolute atomic E-state index is 12.5. The Labute approximate surface area is 177 Å². The van der Waals surface area contributed by atoms with Crippen molar-refractivity contribution in [3.8, 4) is 0 Å². The molecule has 0 fully saturated rings. The first-order valence-corrected chi connectivity index (χ1v) is 9.97. The van der Waals surface area contributed by atoms with Gasteiger partial charge >= 0.3 is 0 Å². The highest BCUT2D eigenvalue weighted by Gasteiger charge is 2.22. The van der Waals surface area contributed by atoms with Crippen LogP contribution in [0.2, 0.25) is 0 Å². The SMILES string of the molecule is C=C(CNC(=O)c1nc2ccccc2[nH]1)NC(CC(C)C(=C)NCC)C(=O)COC. The number of aromatic nitrogens is 2. The number of ketones is 1. The molecule has 1 aromatic carbocycles. The summed E-state index contributed by atoms with van der Waals surface area (Å²) in [6.07, 6.45) is 0.532. The van der Waals surface area contributed by atoms with Gasteiger partial charge in [0.2, 0.25) is 0 Å². The van der Waals surface area contributed by atoms with Crippen molar-refractivity contribution in [3.05, 3.63) is 54.6 Å². The average Bonchev–Trinajstić information content (AvgIpc) is 3.16. The van der Waals surface area contributed by atoms with E-state index in [-0.39, 0.29) is 36.6 Å². The lowest BCUT2D eigenvalue weighted by molar-refractivity contribution is -0.124. The Bertz CT molecular complexity index is 872. The fraction of sp³-hybridized carbons (Fsp3) is 0.409. The molecular weight excluding hydrogens is 382 g/mol. The normalized spacial score (nSPS) is 12.8. The van der Waals surface area contributed by atoms with Crippen LogP contribution < -0.4 is 16.0 Å². The molecule has 30 heavy (non-hydrogen) atoms. The van der Waals surface area contributed by atoms with Gasteiger partial charge in [0.1, 0.15) is 6.61 Å². The van der Waals surface area contributed by atoms with Crippen molar-refractivity contribution >= 4 is 22.7 Å². The van der Waals surface area contributed by atoms with Crippen molar-refractivity contribution in [3.63, 3.8) is 0 Å². The van der Waals surface area contributed by atoms with Gasteiger partial charge in [-0.3, -0.25) is 9.59 Å². The van der Waals surface area contributed by atoms with E-state index in [4.69, 9.17) is 4.74 Å². The molecule has 4 N–H and O–H groups in total. The summed E-state index contributed by atoms with van der Waals surface area (Å²) in [7, 11) is 1.48. The summed E-state index contributed by atoms with van der Waals surface area (Å²) < 4.78 is 5.00. The van der Waals surface area contributed by atoms with Crippen molar-refractivity contribution in [2.75, 3.05) is 26.8 Å². The van der Waals surface area contributed by atoms with Gasteiger partial charge in [-0.2, -0.15) is 0 Å². The van der Waals surface area contributed by atoms with Crippen molar-refractivity contribution in [1.29, 1.82) is 0 Å². The van der Waals surface area contributed by atoms with Gasteiger partial charge in [0, 0.05) is 25.0 Å². The van der Waals surface area contributed by atoms with Gasteiger partial charge in [-0.25, -0.2) is 4.98 Å². The summed E-state index contributed by atoms with van der Waals surface area (Å²) >= 11 is 0. The number of rotatable bonds is 13. The largest absolute Gasteiger partial charge is 0.389 e. The van der Waals surface area contributed by atoms with Crippen LogP contribution in [0.25, 0.3) is 11.0 Å². The fourth-order valence-electron chi connectivity index (χ4n) is 3.04. The molecule has 8 heteroatoms. The highest BCUT2D eigenvalue weighted by molar-refractivity contribution is 5.94. The first-order valence-electron chi connectivity index (χ1n) is 9.97. The van der Waals surface area contributed by atoms with Gasteiger partial charge in [0.25, 0.3) is 5.91 Å². The van der Waals surface area contributed by atoms with Crippen molar-refractivity contribution < 1.29 is 14.3 Å². The zero-order valence-electron chi connectivity index (χ0n) is 17.9. The number of hydrogen-bond donors (Lipinski definition) is 4. The quantitative estimate of drug-likeness (QED) is 0.401. The number of amides is 1. The van der Waals surface area contributed by atoms with Gasteiger partial charge in [-0.1, -0.05) is 32.2 Å². The van der Waals surface area contributed by atoms with E-state index in [9.17, 15) is 9.59 Å². The van der Waals surface area contributed by atoms with Crippen molar-refractivity contribution in [2.45, 2.75) is 26.3 Å². The van der Waals surface area contributed by atoms with Gasteiger partial charge in [-0.05, 0) is 31.4 Å². The molecule has 0 bridgehead atoms. The molecule has 0 aliphatic rings. The number of fused-ring (bicyclic) bond motifs is 1. The third kappa shape index (κ3) is 6.45. The number of Topliss-reactive ketones (excluding diaryl/α,β-unsaturated/α-hetero) is 1. The molecule has 0 saturated heterocycles. The number of imidazole rings is 1. The summed E-state index contributed by atoms with van der Waals surface area (Å²) in [5.74, 6) is -0.131. The average molecular weight is 414 g/mol. The highest BCUT2D eigenvalue weighted by atomic mass is 16.5. The second kappa shape index (κ2) is 11.2. The van der Waals surface area contributed by atoms with E-state index in [0.29, 0.717) is 12.1 Å². The molecule has 2 aromatic rings. The Morgan fingerprint density at radius 2 is 1.97 bits per heavy atom. The Morgan fingerprint density at radius 1 is 1.23 bits per heavy atom. The number of methoxy groups -OCH3 is 1. The number of carbonyl (C=O) groups excluding carboxylic acids is 2. The van der Waals surface area contributed by atoms with Crippen LogP contribution in [0.5, 0.6) is 0 Å². The molecule has 2 atom stereocenters. The van der Waals surface area contributed by atoms with Crippen LogP contribution in [0, 0.1) is 5.92 Å². The summed E-state index contributed by atoms with van der Waals surface area (Å²) in [5.41, 5.74) is 2.91. The number of carbonyl (C=O) groups is 2. The van der Waals surface area contributed by atoms with Crippen LogP contribution in [-0.4, -0.2) is 54.5 Å². The van der Waals surface area contributed by atoms with Crippen LogP contribution in [0.1, 0.15) is 30.9 Å². The van der Waals surface area contributed by atoms with Crippen molar-refractivity contribution in [2.24, 2.45) is 5.92 Å². The van der Waals surface area contributed by atoms with Crippen LogP contribution >= 0.6 is 0 Å². The molecule has 1 amide bonds. The topological polar surface area (TPSA) is 108 Å². The molecule has 8 nitrogen and oxygen atoms in total. The smallest absolute Gasteiger partial charge is 0.287 e. The number of H-pyrrole nitrogens is 1. The Morgan fingerprint density at radius 3 is 2.63 bits per heavy atom. The summed E-state index contributed by atoms with van der Waals surface area (Å²) in [6, 6.07) is 6.92. The van der Waals surface area contributed by atoms with Crippen LogP contribution in [0.4, 0.5) is 0 Å². The first-order chi connectivity index (χ1) is 14.3. The van der Waals surface area contributed by atoms with Crippen LogP contribution in [-0.2, 0) is 9.53 Å². The second-order valence-electron chi connectivity index (χ2n) is 7.18. The Balaban J connectivity index is 1.94. The van der Waals surface area contributed by atoms with E-state index >= 15 is 0 Å². The zero-order valence-corrected chi connectivity index (χ0v) is 17.9. The minimum atomic E-state index is -0.494. The molecule has 0 radical (unpaired) electrons. The number of nitrogens with zero attached hydrogens (tertiary/aromatic N) is 1. The van der Waals surface area contributed by atoms with Gasteiger partial charge in [0.05, 0.1) is 23.6 Å². The van der Waals surface area contributed by atoms with E-state index in [1.807, 2.05) is 38.1 Å². The molecule has 2 rings (SSSR count). The Hall–Kier alpha value is -3.13. The predicted molar refractivity (Wildman–Crippen MR) is 118 cm³/mol. The molecule has 162 valence electrons. The first kappa shape index (κ1) is 23.2. The fourth-order valence-corrected chi connectivity index (χ4v) is 3.04. The molecule has 0 spiro atoms. The lowest BCUT2D eigenvalue weighted by Crippen LogP contribution is -2.42. The van der Waals surface area contributed by atoms with Gasteiger partial charge in [-0.15, -0.1) is 0 Å². The number of aromatic amines is 1. The summed E-state index contributed by atoms with van der Waals surface area (Å²) in [6.45, 7) is 12.9. The molecule has 0 aliphatic heterocycles. The third-order valence-corrected chi connectivity index (χ3v) is 4.71. The minimum Gasteiger partial charge on any atom is -0.389 e. The minimum absolute atomic E-state index is 0.00328. The molecule has 0 aliphatic carbocycles. The van der Waals surface area contributed by atoms with E-state index in [0.717, 1.165) is 23.3 Å². The standard InChI is InChI=1S/C22H31N5O3/c1-6-23-16(4)14(2)11-19(20(28)13-30-5)25-15(3)12-24-22(29)21-26-17-9-7-8-10-18(17)27-21/h7-10,14,19,23,25H,3-4,6,11-13H2,1-2,5H3,(H,24,29)(H,26,27). The lowest BCUT2D eigenvalue weighted by Gasteiger charge is -2.24. The predicted octanol–water partition coefficient (Wildman–Crippen LogP) is 2.13.